The minimum absolute atomic E-state index is 0.169. The summed E-state index contributed by atoms with van der Waals surface area (Å²) >= 11 is 0. The summed E-state index contributed by atoms with van der Waals surface area (Å²) in [5.41, 5.74) is 1.25. The van der Waals surface area contributed by atoms with E-state index in [-0.39, 0.29) is 11.5 Å². The smallest absolute Gasteiger partial charge is 0.152 e. The third kappa shape index (κ3) is 3.10. The maximum absolute atomic E-state index is 10.8. The second-order valence-corrected chi connectivity index (χ2v) is 8.69. The zero-order valence-corrected chi connectivity index (χ0v) is 12.5. The van der Waals surface area contributed by atoms with Gasteiger partial charge in [0.15, 0.2) is 5.25 Å². The molecule has 1 aromatic rings. The summed E-state index contributed by atoms with van der Waals surface area (Å²) in [7, 11) is 0.385. The van der Waals surface area contributed by atoms with Crippen LogP contribution in [-0.4, -0.2) is 21.9 Å². The Labute approximate surface area is 114 Å². The molecule has 1 fully saturated rings. The Bertz CT molecular complexity index is 362. The summed E-state index contributed by atoms with van der Waals surface area (Å²) in [6.45, 7) is 6.82. The highest BCUT2D eigenvalue weighted by Gasteiger charge is 2.46. The minimum atomic E-state index is -0.312. The molecule has 0 radical (unpaired) electrons. The molecule has 2 rings (SSSR count). The molecule has 2 unspecified atom stereocenters. The molecule has 1 heterocycles. The molecule has 1 aromatic carbocycles. The summed E-state index contributed by atoms with van der Waals surface area (Å²) in [5, 5.41) is 11.2. The highest BCUT2D eigenvalue weighted by atomic mass is 32.2. The summed E-state index contributed by atoms with van der Waals surface area (Å²) in [6.07, 6.45) is 2.38. The fourth-order valence-electron chi connectivity index (χ4n) is 2.91. The van der Waals surface area contributed by atoms with Gasteiger partial charge in [-0.25, -0.2) is 0 Å². The third-order valence-electron chi connectivity index (χ3n) is 3.70. The molecule has 2 heteroatoms. The van der Waals surface area contributed by atoms with Gasteiger partial charge >= 0.3 is 0 Å². The number of aliphatic hydroxyl groups excluding tert-OH is 1. The predicted molar refractivity (Wildman–Crippen MR) is 81.0 cm³/mol. The normalized spacial score (nSPS) is 20.9. The van der Waals surface area contributed by atoms with E-state index < -0.39 is 0 Å². The van der Waals surface area contributed by atoms with Crippen LogP contribution >= 0.6 is 0 Å². The lowest BCUT2D eigenvalue weighted by molar-refractivity contribution is 0.130. The van der Waals surface area contributed by atoms with Crippen molar-refractivity contribution < 1.29 is 5.11 Å². The van der Waals surface area contributed by atoms with E-state index in [1.807, 2.05) is 18.2 Å². The molecular formula is C16H25OS+. The molecular weight excluding hydrogens is 240 g/mol. The molecule has 0 aliphatic carbocycles. The minimum Gasteiger partial charge on any atom is -0.383 e. The number of benzene rings is 1. The average molecular weight is 265 g/mol. The molecule has 1 N–H and O–H groups in total. The Morgan fingerprint density at radius 2 is 1.61 bits per heavy atom. The maximum Gasteiger partial charge on any atom is 0.152 e. The van der Waals surface area contributed by atoms with Crippen molar-refractivity contribution in [3.63, 3.8) is 0 Å². The Morgan fingerprint density at radius 3 is 2.11 bits per heavy atom. The zero-order valence-electron chi connectivity index (χ0n) is 11.7. The van der Waals surface area contributed by atoms with Gasteiger partial charge in [-0.05, 0) is 29.3 Å². The maximum atomic E-state index is 10.8. The largest absolute Gasteiger partial charge is 0.383 e. The molecule has 1 aliphatic rings. The van der Waals surface area contributed by atoms with E-state index in [2.05, 4.69) is 32.9 Å². The molecule has 100 valence electrons. The molecule has 0 aromatic heterocycles. The van der Waals surface area contributed by atoms with Gasteiger partial charge in [-0.15, -0.1) is 0 Å². The summed E-state index contributed by atoms with van der Waals surface area (Å²) in [6, 6.07) is 10.2. The average Bonchev–Trinajstić information content (AvgIpc) is 2.82. The fourth-order valence-corrected chi connectivity index (χ4v) is 6.30. The van der Waals surface area contributed by atoms with Crippen molar-refractivity contribution in [1.29, 1.82) is 0 Å². The molecule has 1 nitrogen and oxygen atoms in total. The van der Waals surface area contributed by atoms with Crippen LogP contribution in [0.15, 0.2) is 30.3 Å². The molecule has 1 saturated heterocycles. The first-order chi connectivity index (χ1) is 8.50. The first-order valence-corrected chi connectivity index (χ1v) is 8.52. The van der Waals surface area contributed by atoms with Crippen molar-refractivity contribution in [1.82, 2.24) is 0 Å². The van der Waals surface area contributed by atoms with Crippen molar-refractivity contribution >= 4 is 10.9 Å². The monoisotopic (exact) mass is 265 g/mol. The second kappa shape index (κ2) is 5.66. The summed E-state index contributed by atoms with van der Waals surface area (Å²) in [4.78, 5) is 0. The van der Waals surface area contributed by atoms with Gasteiger partial charge in [0.25, 0.3) is 0 Å². The van der Waals surface area contributed by atoms with Gasteiger partial charge in [0.05, 0.1) is 0 Å². The van der Waals surface area contributed by atoms with Crippen molar-refractivity contribution in [2.24, 2.45) is 5.41 Å². The standard InChI is InChI=1S/C16H25OS/c1-16(2,3)15(18-11-7-8-12-18)14(17)13-9-5-4-6-10-13/h4-6,9-10,14-15,17H,7-8,11-12H2,1-3H3/q+1. The van der Waals surface area contributed by atoms with Crippen LogP contribution in [0.3, 0.4) is 0 Å². The molecule has 1 aliphatic heterocycles. The van der Waals surface area contributed by atoms with Gasteiger partial charge in [-0.2, -0.15) is 0 Å². The van der Waals surface area contributed by atoms with Gasteiger partial charge in [-0.1, -0.05) is 51.1 Å². The van der Waals surface area contributed by atoms with Crippen LogP contribution in [0.5, 0.6) is 0 Å². The zero-order chi connectivity index (χ0) is 13.2. The van der Waals surface area contributed by atoms with Crippen LogP contribution in [-0.2, 0) is 10.9 Å². The van der Waals surface area contributed by atoms with E-state index in [9.17, 15) is 5.11 Å². The van der Waals surface area contributed by atoms with Gasteiger partial charge in [0.1, 0.15) is 17.6 Å². The lowest BCUT2D eigenvalue weighted by Gasteiger charge is -2.32. The fraction of sp³-hybridized carbons (Fsp3) is 0.625. The van der Waals surface area contributed by atoms with Crippen molar-refractivity contribution in [2.75, 3.05) is 11.5 Å². The first kappa shape index (κ1) is 14.0. The first-order valence-electron chi connectivity index (χ1n) is 6.89. The van der Waals surface area contributed by atoms with E-state index >= 15 is 0 Å². The SMILES string of the molecule is CC(C)(C)C(C(O)c1ccccc1)[S+]1CCCC1. The lowest BCUT2D eigenvalue weighted by Crippen LogP contribution is -2.40. The summed E-state index contributed by atoms with van der Waals surface area (Å²) < 4.78 is 0. The van der Waals surface area contributed by atoms with E-state index in [1.165, 1.54) is 24.3 Å². The Hall–Kier alpha value is -0.470. The van der Waals surface area contributed by atoms with Crippen LogP contribution in [0.25, 0.3) is 0 Å². The van der Waals surface area contributed by atoms with Crippen molar-refractivity contribution in [2.45, 2.75) is 45.0 Å². The van der Waals surface area contributed by atoms with E-state index in [1.54, 1.807) is 0 Å². The van der Waals surface area contributed by atoms with Crippen molar-refractivity contribution in [3.8, 4) is 0 Å². The molecule has 18 heavy (non-hydrogen) atoms. The van der Waals surface area contributed by atoms with Crippen LogP contribution in [0.2, 0.25) is 0 Å². The van der Waals surface area contributed by atoms with Gasteiger partial charge < -0.3 is 5.11 Å². The number of aliphatic hydroxyl groups is 1. The topological polar surface area (TPSA) is 20.2 Å². The third-order valence-corrected chi connectivity index (χ3v) is 7.01. The van der Waals surface area contributed by atoms with Crippen LogP contribution in [0, 0.1) is 5.41 Å². The summed E-state index contributed by atoms with van der Waals surface area (Å²) in [5.74, 6) is 2.62. The van der Waals surface area contributed by atoms with Gasteiger partial charge in [-0.3, -0.25) is 0 Å². The molecule has 0 bridgehead atoms. The van der Waals surface area contributed by atoms with E-state index in [4.69, 9.17) is 0 Å². The van der Waals surface area contributed by atoms with Crippen LogP contribution in [0.1, 0.15) is 45.3 Å². The molecule has 0 spiro atoms. The molecule has 2 atom stereocenters. The quantitative estimate of drug-likeness (QED) is 0.829. The highest BCUT2D eigenvalue weighted by Crippen LogP contribution is 2.39. The van der Waals surface area contributed by atoms with Gasteiger partial charge in [0.2, 0.25) is 0 Å². The van der Waals surface area contributed by atoms with Crippen LogP contribution in [0.4, 0.5) is 0 Å². The lowest BCUT2D eigenvalue weighted by atomic mass is 9.86. The predicted octanol–water partition coefficient (Wildman–Crippen LogP) is 3.55. The van der Waals surface area contributed by atoms with Crippen LogP contribution < -0.4 is 0 Å². The Morgan fingerprint density at radius 1 is 1.06 bits per heavy atom. The Kier molecular flexibility index (Phi) is 4.39. The van der Waals surface area contributed by atoms with Crippen molar-refractivity contribution in [3.05, 3.63) is 35.9 Å². The second-order valence-electron chi connectivity index (χ2n) is 6.29. The number of hydrogen-bond acceptors (Lipinski definition) is 1. The molecule has 0 saturated carbocycles. The molecule has 0 amide bonds. The number of hydrogen-bond donors (Lipinski definition) is 1. The Balaban J connectivity index is 2.23. The highest BCUT2D eigenvalue weighted by molar-refractivity contribution is 7.97. The van der Waals surface area contributed by atoms with Gasteiger partial charge in [0, 0.05) is 5.41 Å². The number of rotatable bonds is 3. The van der Waals surface area contributed by atoms with E-state index in [0.29, 0.717) is 16.1 Å². The van der Waals surface area contributed by atoms with E-state index in [0.717, 1.165) is 5.56 Å².